The highest BCUT2D eigenvalue weighted by atomic mass is 32.2. The van der Waals surface area contributed by atoms with Gasteiger partial charge in [0.25, 0.3) is 0 Å². The molecule has 0 saturated heterocycles. The second-order valence-corrected chi connectivity index (χ2v) is 6.08. The van der Waals surface area contributed by atoms with Gasteiger partial charge in [0.15, 0.2) is 0 Å². The van der Waals surface area contributed by atoms with Crippen LogP contribution in [0.15, 0.2) is 12.2 Å². The standard InChI is InChI=1S/C11H22N2O2S/c1-2-12-8-4-7-11-16(14,15)13-9-5-3-6-10-13/h3,5,12H,2,4,6-11H2,1H3. The molecule has 16 heavy (non-hydrogen) atoms. The van der Waals surface area contributed by atoms with Crippen molar-refractivity contribution < 1.29 is 8.42 Å². The lowest BCUT2D eigenvalue weighted by atomic mass is 10.3. The minimum Gasteiger partial charge on any atom is -0.317 e. The first-order valence-corrected chi connectivity index (χ1v) is 7.61. The molecule has 1 rings (SSSR count). The van der Waals surface area contributed by atoms with Gasteiger partial charge in [-0.3, -0.25) is 0 Å². The summed E-state index contributed by atoms with van der Waals surface area (Å²) in [5.74, 6) is 0.284. The zero-order valence-electron chi connectivity index (χ0n) is 9.98. The molecule has 5 heteroatoms. The quantitative estimate of drug-likeness (QED) is 0.538. The van der Waals surface area contributed by atoms with E-state index in [4.69, 9.17) is 0 Å². The number of nitrogens with one attached hydrogen (secondary N) is 1. The van der Waals surface area contributed by atoms with Gasteiger partial charge in [0.05, 0.1) is 5.75 Å². The fraction of sp³-hybridized carbons (Fsp3) is 0.818. The molecule has 0 saturated carbocycles. The van der Waals surface area contributed by atoms with E-state index in [0.717, 1.165) is 32.4 Å². The third-order valence-electron chi connectivity index (χ3n) is 2.67. The van der Waals surface area contributed by atoms with Crippen molar-refractivity contribution in [1.29, 1.82) is 0 Å². The molecule has 0 unspecified atom stereocenters. The van der Waals surface area contributed by atoms with Gasteiger partial charge in [-0.05, 0) is 32.4 Å². The highest BCUT2D eigenvalue weighted by Crippen LogP contribution is 2.09. The Labute approximate surface area is 98.8 Å². The molecule has 94 valence electrons. The first-order chi connectivity index (χ1) is 7.67. The molecule has 1 heterocycles. The van der Waals surface area contributed by atoms with E-state index in [9.17, 15) is 8.42 Å². The Kier molecular flexibility index (Phi) is 6.01. The summed E-state index contributed by atoms with van der Waals surface area (Å²) in [7, 11) is -3.02. The molecule has 0 fully saturated rings. The Balaban J connectivity index is 2.26. The van der Waals surface area contributed by atoms with Gasteiger partial charge in [0.2, 0.25) is 10.0 Å². The summed E-state index contributed by atoms with van der Waals surface area (Å²) < 4.78 is 25.4. The van der Waals surface area contributed by atoms with Crippen molar-refractivity contribution in [2.24, 2.45) is 0 Å². The monoisotopic (exact) mass is 246 g/mol. The van der Waals surface area contributed by atoms with Gasteiger partial charge in [0.1, 0.15) is 0 Å². The van der Waals surface area contributed by atoms with E-state index < -0.39 is 10.0 Å². The van der Waals surface area contributed by atoms with Crippen LogP contribution in [0.3, 0.4) is 0 Å². The normalized spacial score (nSPS) is 17.8. The molecule has 0 spiro atoms. The predicted molar refractivity (Wildman–Crippen MR) is 66.9 cm³/mol. The van der Waals surface area contributed by atoms with Crippen LogP contribution in [0.2, 0.25) is 0 Å². The zero-order chi connectivity index (χ0) is 11.9. The Bertz CT molecular complexity index is 312. The first-order valence-electron chi connectivity index (χ1n) is 6.00. The van der Waals surface area contributed by atoms with Crippen molar-refractivity contribution in [3.63, 3.8) is 0 Å². The van der Waals surface area contributed by atoms with Crippen LogP contribution in [-0.2, 0) is 10.0 Å². The minimum absolute atomic E-state index is 0.284. The fourth-order valence-electron chi connectivity index (χ4n) is 1.71. The third-order valence-corrected chi connectivity index (χ3v) is 4.59. The van der Waals surface area contributed by atoms with Crippen molar-refractivity contribution in [1.82, 2.24) is 9.62 Å². The van der Waals surface area contributed by atoms with E-state index in [1.165, 1.54) is 0 Å². The number of sulfonamides is 1. The molecule has 1 aliphatic rings. The van der Waals surface area contributed by atoms with E-state index >= 15 is 0 Å². The molecule has 1 aliphatic heterocycles. The summed E-state index contributed by atoms with van der Waals surface area (Å²) in [4.78, 5) is 0. The molecule has 0 amide bonds. The maximum absolute atomic E-state index is 11.9. The summed E-state index contributed by atoms with van der Waals surface area (Å²) >= 11 is 0. The Morgan fingerprint density at radius 2 is 2.12 bits per heavy atom. The molecule has 0 aromatic carbocycles. The first kappa shape index (κ1) is 13.7. The molecule has 0 atom stereocenters. The highest BCUT2D eigenvalue weighted by molar-refractivity contribution is 7.89. The largest absolute Gasteiger partial charge is 0.317 e. The molecule has 1 N–H and O–H groups in total. The van der Waals surface area contributed by atoms with Crippen LogP contribution in [0.5, 0.6) is 0 Å². The summed E-state index contributed by atoms with van der Waals surface area (Å²) in [5, 5.41) is 3.19. The van der Waals surface area contributed by atoms with E-state index in [1.807, 2.05) is 12.2 Å². The summed E-state index contributed by atoms with van der Waals surface area (Å²) in [6.07, 6.45) is 6.49. The van der Waals surface area contributed by atoms with Gasteiger partial charge in [-0.25, -0.2) is 8.42 Å². The smallest absolute Gasteiger partial charge is 0.214 e. The molecule has 0 bridgehead atoms. The second kappa shape index (κ2) is 7.04. The Morgan fingerprint density at radius 3 is 2.75 bits per heavy atom. The van der Waals surface area contributed by atoms with Gasteiger partial charge in [-0.1, -0.05) is 19.1 Å². The summed E-state index contributed by atoms with van der Waals surface area (Å²) in [6.45, 7) is 5.11. The van der Waals surface area contributed by atoms with Crippen molar-refractivity contribution in [2.45, 2.75) is 26.2 Å². The van der Waals surface area contributed by atoms with Crippen LogP contribution in [0.4, 0.5) is 0 Å². The van der Waals surface area contributed by atoms with Crippen molar-refractivity contribution in [3.8, 4) is 0 Å². The van der Waals surface area contributed by atoms with Crippen molar-refractivity contribution >= 4 is 10.0 Å². The average Bonchev–Trinajstić information content (AvgIpc) is 2.30. The Morgan fingerprint density at radius 1 is 1.31 bits per heavy atom. The molecule has 0 radical (unpaired) electrons. The molecule has 0 aromatic rings. The lowest BCUT2D eigenvalue weighted by Crippen LogP contribution is -2.35. The molecule has 0 aliphatic carbocycles. The molecular weight excluding hydrogens is 224 g/mol. The van der Waals surface area contributed by atoms with Gasteiger partial charge < -0.3 is 5.32 Å². The van der Waals surface area contributed by atoms with Gasteiger partial charge >= 0.3 is 0 Å². The van der Waals surface area contributed by atoms with E-state index in [2.05, 4.69) is 12.2 Å². The van der Waals surface area contributed by atoms with Crippen LogP contribution >= 0.6 is 0 Å². The average molecular weight is 246 g/mol. The number of hydrogen-bond acceptors (Lipinski definition) is 3. The lowest BCUT2D eigenvalue weighted by Gasteiger charge is -2.22. The minimum atomic E-state index is -3.02. The summed E-state index contributed by atoms with van der Waals surface area (Å²) in [5.41, 5.74) is 0. The number of nitrogens with zero attached hydrogens (tertiary/aromatic N) is 1. The maximum atomic E-state index is 11.9. The maximum Gasteiger partial charge on any atom is 0.214 e. The second-order valence-electron chi connectivity index (χ2n) is 3.99. The number of rotatable bonds is 7. The van der Waals surface area contributed by atoms with E-state index in [0.29, 0.717) is 13.1 Å². The SMILES string of the molecule is CCNCCCCS(=O)(=O)N1CC=CCC1. The van der Waals surface area contributed by atoms with Crippen LogP contribution in [0.25, 0.3) is 0 Å². The zero-order valence-corrected chi connectivity index (χ0v) is 10.8. The van der Waals surface area contributed by atoms with Crippen LogP contribution in [0.1, 0.15) is 26.2 Å². The third kappa shape index (κ3) is 4.63. The topological polar surface area (TPSA) is 49.4 Å². The van der Waals surface area contributed by atoms with Gasteiger partial charge in [-0.15, -0.1) is 0 Å². The Hall–Kier alpha value is -0.390. The van der Waals surface area contributed by atoms with Crippen LogP contribution in [-0.4, -0.2) is 44.7 Å². The van der Waals surface area contributed by atoms with Crippen LogP contribution < -0.4 is 5.32 Å². The van der Waals surface area contributed by atoms with E-state index in [-0.39, 0.29) is 5.75 Å². The molecule has 4 nitrogen and oxygen atoms in total. The molecule has 0 aromatic heterocycles. The molecular formula is C11H22N2O2S. The predicted octanol–water partition coefficient (Wildman–Crippen LogP) is 0.968. The summed E-state index contributed by atoms with van der Waals surface area (Å²) in [6, 6.07) is 0. The number of hydrogen-bond donors (Lipinski definition) is 1. The van der Waals surface area contributed by atoms with Crippen molar-refractivity contribution in [3.05, 3.63) is 12.2 Å². The fourth-order valence-corrected chi connectivity index (χ4v) is 3.24. The van der Waals surface area contributed by atoms with Crippen molar-refractivity contribution in [2.75, 3.05) is 31.9 Å². The van der Waals surface area contributed by atoms with E-state index in [1.54, 1.807) is 4.31 Å². The number of unbranched alkanes of at least 4 members (excludes halogenated alkanes) is 1. The van der Waals surface area contributed by atoms with Crippen LogP contribution in [0, 0.1) is 0 Å². The van der Waals surface area contributed by atoms with Gasteiger partial charge in [0, 0.05) is 13.1 Å². The van der Waals surface area contributed by atoms with Gasteiger partial charge in [-0.2, -0.15) is 4.31 Å². The lowest BCUT2D eigenvalue weighted by molar-refractivity contribution is 0.436. The highest BCUT2D eigenvalue weighted by Gasteiger charge is 2.20.